The summed E-state index contributed by atoms with van der Waals surface area (Å²) in [7, 11) is 0. The number of carboxylic acids is 1. The number of carboxylic acid groups (broad SMARTS) is 1. The minimum Gasteiger partial charge on any atom is -0.494 e. The van der Waals surface area contributed by atoms with Crippen molar-refractivity contribution in [1.29, 1.82) is 0 Å². The van der Waals surface area contributed by atoms with Crippen LogP contribution in [-0.2, 0) is 0 Å². The van der Waals surface area contributed by atoms with E-state index in [9.17, 15) is 9.90 Å². The highest BCUT2D eigenvalue weighted by Crippen LogP contribution is 2.28. The first-order chi connectivity index (χ1) is 14.7. The molecule has 0 bridgehead atoms. The van der Waals surface area contributed by atoms with Gasteiger partial charge < -0.3 is 14.6 Å². The number of unbranched alkanes of at least 4 members (excludes halogenated alkanes) is 7. The normalized spacial score (nSPS) is 10.7. The third kappa shape index (κ3) is 8.05. The van der Waals surface area contributed by atoms with Crippen molar-refractivity contribution < 1.29 is 19.4 Å². The maximum absolute atomic E-state index is 11.6. The Balaban J connectivity index is 2.00. The van der Waals surface area contributed by atoms with Crippen molar-refractivity contribution in [3.05, 3.63) is 42.2 Å². The van der Waals surface area contributed by atoms with Crippen molar-refractivity contribution in [2.75, 3.05) is 13.2 Å². The summed E-state index contributed by atoms with van der Waals surface area (Å²) in [5, 5.41) is 9.53. The fourth-order valence-corrected chi connectivity index (χ4v) is 3.26. The molecule has 0 saturated heterocycles. The molecule has 30 heavy (non-hydrogen) atoms. The van der Waals surface area contributed by atoms with Crippen LogP contribution in [0, 0.1) is 0 Å². The van der Waals surface area contributed by atoms with Gasteiger partial charge in [-0.2, -0.15) is 0 Å². The van der Waals surface area contributed by atoms with E-state index in [0.29, 0.717) is 24.5 Å². The van der Waals surface area contributed by atoms with E-state index in [1.807, 2.05) is 24.3 Å². The van der Waals surface area contributed by atoms with E-state index in [1.54, 1.807) is 6.07 Å². The third-order valence-corrected chi connectivity index (χ3v) is 5.01. The molecule has 0 unspecified atom stereocenters. The Kier molecular flexibility index (Phi) is 10.8. The Morgan fingerprint density at radius 3 is 2.00 bits per heavy atom. The number of benzene rings is 1. The largest absolute Gasteiger partial charge is 0.494 e. The van der Waals surface area contributed by atoms with Gasteiger partial charge in [0.2, 0.25) is 0 Å². The molecule has 0 saturated carbocycles. The van der Waals surface area contributed by atoms with Crippen LogP contribution in [0.4, 0.5) is 0 Å². The Morgan fingerprint density at radius 2 is 1.40 bits per heavy atom. The maximum atomic E-state index is 11.6. The first-order valence-electron chi connectivity index (χ1n) is 11.2. The zero-order valence-corrected chi connectivity index (χ0v) is 18.4. The fourth-order valence-electron chi connectivity index (χ4n) is 3.26. The van der Waals surface area contributed by atoms with Gasteiger partial charge in [0.05, 0.1) is 19.4 Å². The van der Waals surface area contributed by atoms with Crippen LogP contribution in [0.15, 0.2) is 36.5 Å². The van der Waals surface area contributed by atoms with E-state index in [2.05, 4.69) is 18.8 Å². The van der Waals surface area contributed by atoms with Gasteiger partial charge in [-0.1, -0.05) is 70.9 Å². The van der Waals surface area contributed by atoms with Crippen molar-refractivity contribution in [3.8, 4) is 22.6 Å². The molecule has 1 N–H and O–H groups in total. The molecule has 2 aromatic rings. The van der Waals surface area contributed by atoms with Crippen LogP contribution >= 0.6 is 0 Å². The molecule has 0 aliphatic rings. The quantitative estimate of drug-likeness (QED) is 0.327. The molecule has 0 amide bonds. The average molecular weight is 414 g/mol. The van der Waals surface area contributed by atoms with Gasteiger partial charge in [-0.3, -0.25) is 0 Å². The van der Waals surface area contributed by atoms with Gasteiger partial charge in [-0.15, -0.1) is 0 Å². The Bertz CT molecular complexity index is 758. The molecular weight excluding hydrogens is 378 g/mol. The molecule has 0 fully saturated rings. The SMILES string of the molecule is CCCCCCCOc1cnc(C(=O)O)c(-c2ccc(OCCCCCC)cc2)c1. The second-order valence-electron chi connectivity index (χ2n) is 7.57. The monoisotopic (exact) mass is 413 g/mol. The molecule has 0 radical (unpaired) electrons. The van der Waals surface area contributed by atoms with Crippen LogP contribution in [0.25, 0.3) is 11.1 Å². The van der Waals surface area contributed by atoms with Gasteiger partial charge in [-0.25, -0.2) is 9.78 Å². The number of hydrogen-bond donors (Lipinski definition) is 1. The average Bonchev–Trinajstić information content (AvgIpc) is 2.76. The highest BCUT2D eigenvalue weighted by Gasteiger charge is 2.15. The summed E-state index contributed by atoms with van der Waals surface area (Å²) in [4.78, 5) is 15.8. The molecule has 0 atom stereocenters. The second kappa shape index (κ2) is 13.6. The van der Waals surface area contributed by atoms with Crippen molar-refractivity contribution in [3.63, 3.8) is 0 Å². The minimum atomic E-state index is -1.05. The predicted octanol–water partition coefficient (Wildman–Crippen LogP) is 6.76. The Hall–Kier alpha value is -2.56. The van der Waals surface area contributed by atoms with Crippen molar-refractivity contribution in [1.82, 2.24) is 4.98 Å². The summed E-state index contributed by atoms with van der Waals surface area (Å²) < 4.78 is 11.6. The lowest BCUT2D eigenvalue weighted by molar-refractivity contribution is 0.0691. The first kappa shape index (κ1) is 23.7. The van der Waals surface area contributed by atoms with Crippen LogP contribution in [0.3, 0.4) is 0 Å². The van der Waals surface area contributed by atoms with E-state index in [-0.39, 0.29) is 5.69 Å². The molecule has 0 spiro atoms. The van der Waals surface area contributed by atoms with Gasteiger partial charge in [-0.05, 0) is 36.6 Å². The van der Waals surface area contributed by atoms with Gasteiger partial charge in [0.25, 0.3) is 0 Å². The number of ether oxygens (including phenoxy) is 2. The number of pyridine rings is 1. The van der Waals surface area contributed by atoms with Crippen LogP contribution in [0.1, 0.15) is 82.1 Å². The zero-order valence-electron chi connectivity index (χ0n) is 18.4. The number of aromatic carboxylic acids is 1. The summed E-state index contributed by atoms with van der Waals surface area (Å²) in [6, 6.07) is 9.27. The van der Waals surface area contributed by atoms with Gasteiger partial charge in [0.1, 0.15) is 11.5 Å². The van der Waals surface area contributed by atoms with Crippen molar-refractivity contribution >= 4 is 5.97 Å². The predicted molar refractivity (Wildman–Crippen MR) is 121 cm³/mol. The van der Waals surface area contributed by atoms with Gasteiger partial charge in [0, 0.05) is 5.56 Å². The van der Waals surface area contributed by atoms with Crippen LogP contribution in [0.2, 0.25) is 0 Å². The van der Waals surface area contributed by atoms with Crippen molar-refractivity contribution in [2.45, 2.75) is 71.6 Å². The van der Waals surface area contributed by atoms with E-state index in [0.717, 1.165) is 30.6 Å². The number of carbonyl (C=O) groups is 1. The minimum absolute atomic E-state index is 0.0264. The number of aromatic nitrogens is 1. The highest BCUT2D eigenvalue weighted by molar-refractivity contribution is 5.94. The lowest BCUT2D eigenvalue weighted by Gasteiger charge is -2.11. The summed E-state index contributed by atoms with van der Waals surface area (Å²) in [5.74, 6) is 0.341. The lowest BCUT2D eigenvalue weighted by Crippen LogP contribution is -2.05. The first-order valence-corrected chi connectivity index (χ1v) is 11.2. The maximum Gasteiger partial charge on any atom is 0.355 e. The van der Waals surface area contributed by atoms with Gasteiger partial charge >= 0.3 is 5.97 Å². The van der Waals surface area contributed by atoms with E-state index in [1.165, 1.54) is 44.7 Å². The number of nitrogens with zero attached hydrogens (tertiary/aromatic N) is 1. The van der Waals surface area contributed by atoms with E-state index < -0.39 is 5.97 Å². The Labute approximate surface area is 180 Å². The summed E-state index contributed by atoms with van der Waals surface area (Å²) >= 11 is 0. The molecule has 0 aliphatic carbocycles. The second-order valence-corrected chi connectivity index (χ2v) is 7.57. The molecule has 1 aromatic carbocycles. The summed E-state index contributed by atoms with van der Waals surface area (Å²) in [5.41, 5.74) is 1.37. The van der Waals surface area contributed by atoms with Crippen molar-refractivity contribution in [2.24, 2.45) is 0 Å². The lowest BCUT2D eigenvalue weighted by atomic mass is 10.0. The summed E-state index contributed by atoms with van der Waals surface area (Å²) in [6.07, 6.45) is 11.9. The molecular formula is C25H35NO4. The molecule has 1 heterocycles. The molecule has 5 nitrogen and oxygen atoms in total. The highest BCUT2D eigenvalue weighted by atomic mass is 16.5. The molecule has 1 aromatic heterocycles. The number of hydrogen-bond acceptors (Lipinski definition) is 4. The Morgan fingerprint density at radius 1 is 0.833 bits per heavy atom. The molecule has 164 valence electrons. The fraction of sp³-hybridized carbons (Fsp3) is 0.520. The van der Waals surface area contributed by atoms with Crippen LogP contribution in [0.5, 0.6) is 11.5 Å². The van der Waals surface area contributed by atoms with Gasteiger partial charge in [0.15, 0.2) is 5.69 Å². The standard InChI is InChI=1S/C25H35NO4/c1-3-5-7-9-11-17-30-22-18-23(24(25(27)28)26-19-22)20-12-14-21(15-13-20)29-16-10-8-6-4-2/h12-15,18-19H,3-11,16-17H2,1-2H3,(H,27,28). The smallest absolute Gasteiger partial charge is 0.355 e. The zero-order chi connectivity index (χ0) is 21.6. The summed E-state index contributed by atoms with van der Waals surface area (Å²) in [6.45, 7) is 5.69. The van der Waals surface area contributed by atoms with Crippen LogP contribution in [-0.4, -0.2) is 29.3 Å². The van der Waals surface area contributed by atoms with E-state index in [4.69, 9.17) is 9.47 Å². The topological polar surface area (TPSA) is 68.7 Å². The molecule has 0 aliphatic heterocycles. The molecule has 2 rings (SSSR count). The molecule has 5 heteroatoms. The third-order valence-electron chi connectivity index (χ3n) is 5.01. The number of rotatable bonds is 15. The van der Waals surface area contributed by atoms with E-state index >= 15 is 0 Å². The van der Waals surface area contributed by atoms with Crippen LogP contribution < -0.4 is 9.47 Å².